The van der Waals surface area contributed by atoms with Crippen LogP contribution >= 0.6 is 15.9 Å². The van der Waals surface area contributed by atoms with Gasteiger partial charge in [0, 0.05) is 37.2 Å². The second-order valence-corrected chi connectivity index (χ2v) is 8.64. The van der Waals surface area contributed by atoms with Crippen LogP contribution in [0.25, 0.3) is 0 Å². The van der Waals surface area contributed by atoms with E-state index in [-0.39, 0.29) is 5.91 Å². The van der Waals surface area contributed by atoms with Crippen molar-refractivity contribution in [3.8, 4) is 0 Å². The summed E-state index contributed by atoms with van der Waals surface area (Å²) in [7, 11) is -1.26. The predicted octanol–water partition coefficient (Wildman–Crippen LogP) is 0.985. The molecule has 1 saturated heterocycles. The number of carbonyl (C=O) groups excluding carboxylic acids is 1. The Morgan fingerprint density at radius 2 is 1.83 bits per heavy atom. The number of likely N-dealkylation sites (N-methyl/N-ethyl adjacent to an activating group) is 1. The summed E-state index contributed by atoms with van der Waals surface area (Å²) in [6, 6.07) is 7.94. The van der Waals surface area contributed by atoms with E-state index in [9.17, 15) is 13.2 Å². The third-order valence-electron chi connectivity index (χ3n) is 3.86. The molecule has 0 unspecified atom stereocenters. The fourth-order valence-electron chi connectivity index (χ4n) is 2.57. The highest BCUT2D eigenvalue weighted by Gasteiger charge is 2.26. The molecule has 0 atom stereocenters. The maximum Gasteiger partial charge on any atom is 0.236 e. The van der Waals surface area contributed by atoms with Crippen molar-refractivity contribution in [2.75, 3.05) is 46.0 Å². The SMILES string of the molecule is CN(CC(=O)N1CCN(S(C)(=O)=O)CC1)Cc1ccccc1Br. The number of carbonyl (C=O) groups is 1. The van der Waals surface area contributed by atoms with Crippen LogP contribution in [0.5, 0.6) is 0 Å². The van der Waals surface area contributed by atoms with E-state index in [4.69, 9.17) is 0 Å². The Morgan fingerprint density at radius 3 is 2.39 bits per heavy atom. The maximum atomic E-state index is 12.3. The first-order valence-electron chi connectivity index (χ1n) is 7.42. The van der Waals surface area contributed by atoms with E-state index in [1.165, 1.54) is 10.6 Å². The molecule has 1 fully saturated rings. The fourth-order valence-corrected chi connectivity index (χ4v) is 3.81. The number of nitrogens with zero attached hydrogens (tertiary/aromatic N) is 3. The van der Waals surface area contributed by atoms with Crippen LogP contribution in [0.2, 0.25) is 0 Å². The third kappa shape index (κ3) is 5.27. The Labute approximate surface area is 146 Å². The molecule has 0 aromatic heterocycles. The number of hydrogen-bond donors (Lipinski definition) is 0. The zero-order valence-corrected chi connectivity index (χ0v) is 15.8. The first kappa shape index (κ1) is 18.4. The van der Waals surface area contributed by atoms with Gasteiger partial charge in [-0.2, -0.15) is 4.31 Å². The highest BCUT2D eigenvalue weighted by molar-refractivity contribution is 9.10. The standard InChI is InChI=1S/C15H22BrN3O3S/c1-17(11-13-5-3-4-6-14(13)16)12-15(20)18-7-9-19(10-8-18)23(2,21)22/h3-6H,7-12H2,1-2H3. The van der Waals surface area contributed by atoms with Crippen molar-refractivity contribution < 1.29 is 13.2 Å². The summed E-state index contributed by atoms with van der Waals surface area (Å²) in [5.74, 6) is 0.0349. The molecule has 23 heavy (non-hydrogen) atoms. The van der Waals surface area contributed by atoms with Crippen molar-refractivity contribution in [3.63, 3.8) is 0 Å². The Hall–Kier alpha value is -0.960. The number of benzene rings is 1. The van der Waals surface area contributed by atoms with Crippen LogP contribution in [-0.2, 0) is 21.4 Å². The monoisotopic (exact) mass is 403 g/mol. The fraction of sp³-hybridized carbons (Fsp3) is 0.533. The summed E-state index contributed by atoms with van der Waals surface area (Å²) in [6.07, 6.45) is 1.20. The average molecular weight is 404 g/mol. The number of sulfonamides is 1. The van der Waals surface area contributed by atoms with Crippen LogP contribution in [0.15, 0.2) is 28.7 Å². The Kier molecular flexibility index (Phi) is 6.19. The predicted molar refractivity (Wildman–Crippen MR) is 93.5 cm³/mol. The van der Waals surface area contributed by atoms with E-state index in [0.29, 0.717) is 39.3 Å². The molecular formula is C15H22BrN3O3S. The quantitative estimate of drug-likeness (QED) is 0.735. The van der Waals surface area contributed by atoms with E-state index in [2.05, 4.69) is 15.9 Å². The summed E-state index contributed by atoms with van der Waals surface area (Å²) in [5, 5.41) is 0. The van der Waals surface area contributed by atoms with Gasteiger partial charge in [0.1, 0.15) is 0 Å². The lowest BCUT2D eigenvalue weighted by Gasteiger charge is -2.34. The zero-order chi connectivity index (χ0) is 17.0. The normalized spacial score (nSPS) is 16.8. The molecule has 1 aliphatic rings. The van der Waals surface area contributed by atoms with Gasteiger partial charge in [-0.3, -0.25) is 9.69 Å². The summed E-state index contributed by atoms with van der Waals surface area (Å²) in [4.78, 5) is 16.0. The second kappa shape index (κ2) is 7.74. The molecule has 2 rings (SSSR count). The van der Waals surface area contributed by atoms with Crippen LogP contribution in [0.4, 0.5) is 0 Å². The van der Waals surface area contributed by atoms with Crippen LogP contribution in [0, 0.1) is 0 Å². The molecule has 128 valence electrons. The van der Waals surface area contributed by atoms with E-state index in [0.717, 1.165) is 10.0 Å². The number of piperazine rings is 1. The summed E-state index contributed by atoms with van der Waals surface area (Å²) in [5.41, 5.74) is 1.13. The molecule has 0 bridgehead atoms. The largest absolute Gasteiger partial charge is 0.339 e. The molecule has 8 heteroatoms. The van der Waals surface area contributed by atoms with Crippen LogP contribution in [0.3, 0.4) is 0 Å². The topological polar surface area (TPSA) is 60.9 Å². The highest BCUT2D eigenvalue weighted by Crippen LogP contribution is 2.17. The van der Waals surface area contributed by atoms with Gasteiger partial charge in [0.15, 0.2) is 0 Å². The lowest BCUT2D eigenvalue weighted by molar-refractivity contribution is -0.133. The Morgan fingerprint density at radius 1 is 1.22 bits per heavy atom. The number of hydrogen-bond acceptors (Lipinski definition) is 4. The van der Waals surface area contributed by atoms with Crippen LogP contribution < -0.4 is 0 Å². The van der Waals surface area contributed by atoms with Gasteiger partial charge in [0.25, 0.3) is 0 Å². The van der Waals surface area contributed by atoms with Gasteiger partial charge >= 0.3 is 0 Å². The molecule has 1 aromatic carbocycles. The van der Waals surface area contributed by atoms with Gasteiger partial charge in [-0.15, -0.1) is 0 Å². The van der Waals surface area contributed by atoms with Gasteiger partial charge in [0.2, 0.25) is 15.9 Å². The number of amides is 1. The summed E-state index contributed by atoms with van der Waals surface area (Å²) >= 11 is 3.51. The average Bonchev–Trinajstić information content (AvgIpc) is 2.49. The molecule has 0 N–H and O–H groups in total. The van der Waals surface area contributed by atoms with Crippen molar-refractivity contribution in [2.45, 2.75) is 6.54 Å². The van der Waals surface area contributed by atoms with E-state index >= 15 is 0 Å². The smallest absolute Gasteiger partial charge is 0.236 e. The molecule has 0 spiro atoms. The minimum absolute atomic E-state index is 0.0349. The molecule has 1 aromatic rings. The second-order valence-electron chi connectivity index (χ2n) is 5.81. The van der Waals surface area contributed by atoms with Crippen molar-refractivity contribution in [1.82, 2.24) is 14.1 Å². The molecular weight excluding hydrogens is 382 g/mol. The van der Waals surface area contributed by atoms with Gasteiger partial charge in [-0.1, -0.05) is 34.1 Å². The first-order chi connectivity index (χ1) is 10.8. The highest BCUT2D eigenvalue weighted by atomic mass is 79.9. The maximum absolute atomic E-state index is 12.3. The molecule has 1 aliphatic heterocycles. The van der Waals surface area contributed by atoms with Crippen LogP contribution in [-0.4, -0.2) is 74.5 Å². The summed E-state index contributed by atoms with van der Waals surface area (Å²) < 4.78 is 25.4. The van der Waals surface area contributed by atoms with Crippen molar-refractivity contribution in [3.05, 3.63) is 34.3 Å². The number of rotatable bonds is 5. The Bertz CT molecular complexity index is 658. The van der Waals surface area contributed by atoms with Crippen LogP contribution in [0.1, 0.15) is 5.56 Å². The molecule has 0 saturated carbocycles. The molecule has 6 nitrogen and oxygen atoms in total. The van der Waals surface area contributed by atoms with Gasteiger partial charge in [-0.05, 0) is 18.7 Å². The minimum Gasteiger partial charge on any atom is -0.339 e. The van der Waals surface area contributed by atoms with E-state index in [1.807, 2.05) is 36.2 Å². The molecule has 0 radical (unpaired) electrons. The van der Waals surface area contributed by atoms with E-state index in [1.54, 1.807) is 4.90 Å². The van der Waals surface area contributed by atoms with Gasteiger partial charge in [-0.25, -0.2) is 8.42 Å². The number of halogens is 1. The van der Waals surface area contributed by atoms with Gasteiger partial charge in [0.05, 0.1) is 12.8 Å². The zero-order valence-electron chi connectivity index (χ0n) is 13.4. The third-order valence-corrected chi connectivity index (χ3v) is 5.94. The van der Waals surface area contributed by atoms with Crippen molar-refractivity contribution >= 4 is 31.9 Å². The molecule has 1 heterocycles. The van der Waals surface area contributed by atoms with Crippen molar-refractivity contribution in [1.29, 1.82) is 0 Å². The Balaban J connectivity index is 1.84. The summed E-state index contributed by atoms with van der Waals surface area (Å²) in [6.45, 7) is 2.65. The molecule has 1 amide bonds. The van der Waals surface area contributed by atoms with E-state index < -0.39 is 10.0 Å². The first-order valence-corrected chi connectivity index (χ1v) is 10.1. The molecule has 0 aliphatic carbocycles. The minimum atomic E-state index is -3.16. The lowest BCUT2D eigenvalue weighted by Crippen LogP contribution is -2.52. The van der Waals surface area contributed by atoms with Crippen molar-refractivity contribution in [2.24, 2.45) is 0 Å². The van der Waals surface area contributed by atoms with Gasteiger partial charge < -0.3 is 4.90 Å². The lowest BCUT2D eigenvalue weighted by atomic mass is 10.2.